The number of para-hydroxylation sites is 1. The van der Waals surface area contributed by atoms with Crippen LogP contribution < -0.4 is 10.3 Å². The van der Waals surface area contributed by atoms with Gasteiger partial charge >= 0.3 is 6.85 Å². The van der Waals surface area contributed by atoms with Crippen LogP contribution in [0, 0.1) is 0 Å². The van der Waals surface area contributed by atoms with Crippen molar-refractivity contribution in [1.29, 1.82) is 0 Å². The average molecular weight is 613 g/mol. The van der Waals surface area contributed by atoms with Crippen LogP contribution in [-0.4, -0.2) is 21.8 Å². The van der Waals surface area contributed by atoms with Crippen LogP contribution in [0.1, 0.15) is 5.56 Å². The lowest BCUT2D eigenvalue weighted by molar-refractivity contribution is 1.07. The summed E-state index contributed by atoms with van der Waals surface area (Å²) in [4.78, 5) is 17.2. The number of aromatic nitrogens is 3. The van der Waals surface area contributed by atoms with Gasteiger partial charge in [-0.05, 0) is 63.8 Å². The molecule has 5 heteroatoms. The molecule has 0 unspecified atom stereocenters. The van der Waals surface area contributed by atoms with Gasteiger partial charge in [0.1, 0.15) is 0 Å². The van der Waals surface area contributed by atoms with E-state index in [1.807, 2.05) is 60.7 Å². The largest absolute Gasteiger partial charge is 0.383 e. The molecule has 3 heterocycles. The number of rotatable bonds is 5. The van der Waals surface area contributed by atoms with E-state index in [4.69, 9.17) is 15.0 Å². The zero-order valence-corrected chi connectivity index (χ0v) is 26.1. The highest BCUT2D eigenvalue weighted by Gasteiger charge is 2.33. The van der Waals surface area contributed by atoms with Crippen molar-refractivity contribution in [3.05, 3.63) is 182 Å². The van der Waals surface area contributed by atoms with Crippen LogP contribution in [0.4, 0.5) is 5.69 Å². The smallest absolute Gasteiger partial charge is 0.321 e. The van der Waals surface area contributed by atoms with Gasteiger partial charge in [-0.1, -0.05) is 146 Å². The maximum atomic E-state index is 4.95. The molecule has 224 valence electrons. The summed E-state index contributed by atoms with van der Waals surface area (Å²) in [5.74, 6) is 4.35. The van der Waals surface area contributed by atoms with Crippen molar-refractivity contribution in [1.82, 2.24) is 15.0 Å². The molecule has 2 aliphatic rings. The fraction of sp³-hybridized carbons (Fsp3) is 0. The maximum Gasteiger partial charge on any atom is 0.321 e. The fourth-order valence-electron chi connectivity index (χ4n) is 6.80. The van der Waals surface area contributed by atoms with Gasteiger partial charge in [0.25, 0.3) is 0 Å². The Labute approximate surface area is 280 Å². The highest BCUT2D eigenvalue weighted by molar-refractivity contribution is 6.84. The maximum absolute atomic E-state index is 4.95. The van der Waals surface area contributed by atoms with Crippen molar-refractivity contribution in [3.8, 4) is 56.4 Å². The number of allylic oxidation sites excluding steroid dienone is 2. The first kappa shape index (κ1) is 27.9. The van der Waals surface area contributed by atoms with Gasteiger partial charge in [-0.25, -0.2) is 15.0 Å². The summed E-state index contributed by atoms with van der Waals surface area (Å²) in [6.45, 7) is 0.129. The van der Waals surface area contributed by atoms with Crippen LogP contribution in [0.15, 0.2) is 176 Å². The second-order valence-corrected chi connectivity index (χ2v) is 12.1. The van der Waals surface area contributed by atoms with Crippen molar-refractivity contribution in [2.24, 2.45) is 0 Å². The second-order valence-electron chi connectivity index (χ2n) is 12.1. The molecule has 7 aromatic rings. The Morgan fingerprint density at radius 3 is 1.60 bits per heavy atom. The fourth-order valence-corrected chi connectivity index (χ4v) is 6.80. The molecule has 0 N–H and O–H groups in total. The lowest BCUT2D eigenvalue weighted by Gasteiger charge is -2.37. The van der Waals surface area contributed by atoms with E-state index in [1.165, 1.54) is 33.4 Å². The quantitative estimate of drug-likeness (QED) is 0.182. The van der Waals surface area contributed by atoms with E-state index < -0.39 is 0 Å². The Morgan fingerprint density at radius 2 is 0.917 bits per heavy atom. The van der Waals surface area contributed by atoms with Gasteiger partial charge in [0.15, 0.2) is 17.5 Å². The first-order valence-corrected chi connectivity index (χ1v) is 16.2. The van der Waals surface area contributed by atoms with Crippen LogP contribution in [0.25, 0.3) is 62.0 Å². The Balaban J connectivity index is 1.09. The molecule has 48 heavy (non-hydrogen) atoms. The van der Waals surface area contributed by atoms with Gasteiger partial charge in [-0.2, -0.15) is 0 Å². The van der Waals surface area contributed by atoms with E-state index in [1.54, 1.807) is 0 Å². The molecule has 0 fully saturated rings. The Morgan fingerprint density at radius 1 is 0.417 bits per heavy atom. The molecule has 0 atom stereocenters. The van der Waals surface area contributed by atoms with Gasteiger partial charge < -0.3 is 4.81 Å². The van der Waals surface area contributed by atoms with E-state index in [0.29, 0.717) is 17.5 Å². The summed E-state index contributed by atoms with van der Waals surface area (Å²) in [6.07, 6.45) is 4.47. The molecule has 0 aliphatic carbocycles. The van der Waals surface area contributed by atoms with Crippen LogP contribution in [0.2, 0.25) is 0 Å². The van der Waals surface area contributed by atoms with Gasteiger partial charge in [0.05, 0.1) is 0 Å². The summed E-state index contributed by atoms with van der Waals surface area (Å²) in [5, 5.41) is 0. The summed E-state index contributed by atoms with van der Waals surface area (Å²) in [7, 11) is 0. The summed E-state index contributed by atoms with van der Waals surface area (Å²) >= 11 is 0. The third-order valence-electron chi connectivity index (χ3n) is 9.15. The van der Waals surface area contributed by atoms with E-state index in [9.17, 15) is 0 Å². The van der Waals surface area contributed by atoms with Gasteiger partial charge in [0, 0.05) is 27.9 Å². The average Bonchev–Trinajstić information content (AvgIpc) is 3.18. The minimum Gasteiger partial charge on any atom is -0.383 e. The first-order valence-electron chi connectivity index (χ1n) is 16.2. The molecule has 0 bridgehead atoms. The molecule has 0 saturated carbocycles. The summed E-state index contributed by atoms with van der Waals surface area (Å²) < 4.78 is 0. The lowest BCUT2D eigenvalue weighted by atomic mass is 9.49. The predicted octanol–water partition coefficient (Wildman–Crippen LogP) is 9.38. The third-order valence-corrected chi connectivity index (χ3v) is 9.15. The third kappa shape index (κ3) is 5.02. The van der Waals surface area contributed by atoms with E-state index >= 15 is 0 Å². The Bertz CT molecular complexity index is 2310. The van der Waals surface area contributed by atoms with Gasteiger partial charge in [-0.15, -0.1) is 0 Å². The molecule has 0 amide bonds. The standard InChI is InChI=1S/C43H29BN4/c1-3-13-30(14-4-1)41-45-42(31-15-5-2-6-16-31)47-43(46-41)35-20-12-18-33(28-35)32-17-11-19-34(27-32)36-25-26-48-40-24-10-8-22-38(40)37-21-7-9-23-39(37)44(48)29-36/h1-29H. The second kappa shape index (κ2) is 11.8. The number of nitrogens with zero attached hydrogens (tertiary/aromatic N) is 4. The minimum absolute atomic E-state index is 0.129. The Hall–Kier alpha value is -6.33. The van der Waals surface area contributed by atoms with Crippen LogP contribution in [-0.2, 0) is 0 Å². The van der Waals surface area contributed by atoms with Gasteiger partial charge in [0.2, 0.25) is 0 Å². The molecule has 0 saturated heterocycles. The van der Waals surface area contributed by atoms with Crippen molar-refractivity contribution in [3.63, 3.8) is 0 Å². The molecule has 0 spiro atoms. The molecular weight excluding hydrogens is 583 g/mol. The van der Waals surface area contributed by atoms with Crippen molar-refractivity contribution < 1.29 is 0 Å². The number of hydrogen-bond donors (Lipinski definition) is 0. The molecule has 4 nitrogen and oxygen atoms in total. The number of fused-ring (bicyclic) bond motifs is 6. The number of anilines is 1. The van der Waals surface area contributed by atoms with Crippen molar-refractivity contribution in [2.45, 2.75) is 0 Å². The first-order chi connectivity index (χ1) is 23.8. The summed E-state index contributed by atoms with van der Waals surface area (Å²) in [5.41, 5.74) is 12.6. The van der Waals surface area contributed by atoms with Crippen LogP contribution in [0.5, 0.6) is 0 Å². The molecule has 1 aromatic heterocycles. The van der Waals surface area contributed by atoms with E-state index in [2.05, 4.69) is 120 Å². The molecule has 9 rings (SSSR count). The highest BCUT2D eigenvalue weighted by atomic mass is 15.1. The zero-order valence-electron chi connectivity index (χ0n) is 26.1. The normalized spacial score (nSPS) is 13.0. The van der Waals surface area contributed by atoms with Gasteiger partial charge in [-0.3, -0.25) is 0 Å². The number of benzene rings is 6. The van der Waals surface area contributed by atoms with Crippen LogP contribution in [0.3, 0.4) is 0 Å². The molecular formula is C43H29BN4. The van der Waals surface area contributed by atoms with Crippen molar-refractivity contribution >= 4 is 23.6 Å². The van der Waals surface area contributed by atoms with Crippen LogP contribution >= 0.6 is 0 Å². The predicted molar refractivity (Wildman–Crippen MR) is 198 cm³/mol. The SMILES string of the molecule is C1=CN2B(C=C1c1cccc(-c3cccc(-c4nc(-c5ccccc5)nc(-c5ccccc5)n4)c3)c1)c1ccccc1-c1ccccc12. The van der Waals surface area contributed by atoms with Crippen molar-refractivity contribution in [2.75, 3.05) is 4.81 Å². The van der Waals surface area contributed by atoms with E-state index in [-0.39, 0.29) is 6.85 Å². The molecule has 2 aliphatic heterocycles. The molecule has 0 radical (unpaired) electrons. The zero-order chi connectivity index (χ0) is 31.9. The lowest BCUT2D eigenvalue weighted by Crippen LogP contribution is -2.49. The molecule has 6 aromatic carbocycles. The summed E-state index contributed by atoms with van der Waals surface area (Å²) in [6, 6.07) is 54.9. The Kier molecular flexibility index (Phi) is 6.87. The minimum atomic E-state index is 0.129. The highest BCUT2D eigenvalue weighted by Crippen LogP contribution is 2.38. The monoisotopic (exact) mass is 612 g/mol. The number of hydrogen-bond acceptors (Lipinski definition) is 4. The van der Waals surface area contributed by atoms with E-state index in [0.717, 1.165) is 27.8 Å². The topological polar surface area (TPSA) is 41.9 Å².